The number of aryl methyl sites for hydroxylation is 2. The Hall–Kier alpha value is -0.670. The number of halogens is 2. The summed E-state index contributed by atoms with van der Waals surface area (Å²) in [6.07, 6.45) is 7.10. The third kappa shape index (κ3) is 2.83. The van der Waals surface area contributed by atoms with Crippen LogP contribution in [0.15, 0.2) is 12.3 Å². The lowest BCUT2D eigenvalue weighted by Gasteiger charge is -2.30. The largest absolute Gasteiger partial charge is 0.316 e. The zero-order valence-electron chi connectivity index (χ0n) is 10.5. The number of alkyl halides is 1. The Balaban J connectivity index is 0.00000120. The number of rotatable bonds is 2. The molecule has 3 rings (SSSR count). The minimum Gasteiger partial charge on any atom is -0.316 e. The predicted octanol–water partition coefficient (Wildman–Crippen LogP) is 2.63. The van der Waals surface area contributed by atoms with Gasteiger partial charge in [-0.1, -0.05) is 6.07 Å². The lowest BCUT2D eigenvalue weighted by atomic mass is 9.88. The standard InChI is InChI=1S/C14H19FN2.ClH/c15-14(4-6-16-7-5-14)9-11-8-12-2-1-3-13(12)17-10-11;/h8,10,16H,1-7,9H2;1H. The van der Waals surface area contributed by atoms with Gasteiger partial charge in [-0.15, -0.1) is 12.4 Å². The fourth-order valence-corrected chi connectivity index (χ4v) is 2.99. The van der Waals surface area contributed by atoms with E-state index in [-0.39, 0.29) is 12.4 Å². The van der Waals surface area contributed by atoms with Gasteiger partial charge in [0.1, 0.15) is 5.67 Å². The van der Waals surface area contributed by atoms with E-state index in [1.54, 1.807) is 0 Å². The molecule has 0 saturated carbocycles. The molecule has 1 N–H and O–H groups in total. The van der Waals surface area contributed by atoms with E-state index in [1.165, 1.54) is 17.7 Å². The van der Waals surface area contributed by atoms with E-state index in [0.29, 0.717) is 19.3 Å². The van der Waals surface area contributed by atoms with Crippen LogP contribution in [0, 0.1) is 0 Å². The van der Waals surface area contributed by atoms with Crippen LogP contribution in [0.5, 0.6) is 0 Å². The van der Waals surface area contributed by atoms with E-state index in [9.17, 15) is 4.39 Å². The van der Waals surface area contributed by atoms with Crippen LogP contribution < -0.4 is 5.32 Å². The number of pyridine rings is 1. The lowest BCUT2D eigenvalue weighted by molar-refractivity contribution is 0.116. The first-order chi connectivity index (χ1) is 8.25. The highest BCUT2D eigenvalue weighted by atomic mass is 35.5. The highest BCUT2D eigenvalue weighted by Gasteiger charge is 2.32. The van der Waals surface area contributed by atoms with Gasteiger partial charge in [-0.05, 0) is 56.3 Å². The van der Waals surface area contributed by atoms with Gasteiger partial charge in [0, 0.05) is 18.3 Å². The van der Waals surface area contributed by atoms with E-state index in [1.807, 2.05) is 6.20 Å². The van der Waals surface area contributed by atoms with Crippen molar-refractivity contribution in [3.63, 3.8) is 0 Å². The summed E-state index contributed by atoms with van der Waals surface area (Å²) in [5.41, 5.74) is 2.64. The Morgan fingerprint density at radius 3 is 2.83 bits per heavy atom. The molecule has 1 aromatic rings. The molecule has 0 spiro atoms. The monoisotopic (exact) mass is 270 g/mol. The van der Waals surface area contributed by atoms with Crippen LogP contribution in [-0.2, 0) is 19.3 Å². The van der Waals surface area contributed by atoms with E-state index >= 15 is 0 Å². The van der Waals surface area contributed by atoms with Crippen LogP contribution in [0.25, 0.3) is 0 Å². The van der Waals surface area contributed by atoms with Crippen LogP contribution in [-0.4, -0.2) is 23.7 Å². The van der Waals surface area contributed by atoms with E-state index in [4.69, 9.17) is 0 Å². The summed E-state index contributed by atoms with van der Waals surface area (Å²) in [5, 5.41) is 3.21. The molecule has 1 saturated heterocycles. The van der Waals surface area contributed by atoms with Gasteiger partial charge in [0.15, 0.2) is 0 Å². The maximum absolute atomic E-state index is 14.5. The fraction of sp³-hybridized carbons (Fsp3) is 0.643. The molecule has 0 bridgehead atoms. The van der Waals surface area contributed by atoms with Crippen molar-refractivity contribution in [2.75, 3.05) is 13.1 Å². The Morgan fingerprint density at radius 2 is 2.06 bits per heavy atom. The van der Waals surface area contributed by atoms with Gasteiger partial charge in [0.05, 0.1) is 0 Å². The van der Waals surface area contributed by atoms with Crippen molar-refractivity contribution in [2.24, 2.45) is 0 Å². The Labute approximate surface area is 114 Å². The van der Waals surface area contributed by atoms with Gasteiger partial charge >= 0.3 is 0 Å². The average Bonchev–Trinajstić information content (AvgIpc) is 2.76. The maximum atomic E-state index is 14.5. The molecule has 2 aliphatic rings. The molecule has 1 fully saturated rings. The Bertz CT molecular complexity index is 416. The first-order valence-electron chi connectivity index (χ1n) is 6.62. The van der Waals surface area contributed by atoms with Gasteiger partial charge in [-0.2, -0.15) is 0 Å². The summed E-state index contributed by atoms with van der Waals surface area (Å²) in [7, 11) is 0. The molecule has 1 aliphatic carbocycles. The fourth-order valence-electron chi connectivity index (χ4n) is 2.99. The minimum absolute atomic E-state index is 0. The van der Waals surface area contributed by atoms with Gasteiger partial charge in [-0.25, -0.2) is 4.39 Å². The molecule has 0 amide bonds. The smallest absolute Gasteiger partial charge is 0.117 e. The number of nitrogens with zero attached hydrogens (tertiary/aromatic N) is 1. The van der Waals surface area contributed by atoms with E-state index in [2.05, 4.69) is 16.4 Å². The van der Waals surface area contributed by atoms with Crippen LogP contribution in [0.3, 0.4) is 0 Å². The number of fused-ring (bicyclic) bond motifs is 1. The van der Waals surface area contributed by atoms with E-state index in [0.717, 1.165) is 31.5 Å². The van der Waals surface area contributed by atoms with Crippen molar-refractivity contribution >= 4 is 12.4 Å². The molecule has 2 heterocycles. The summed E-state index contributed by atoms with van der Waals surface area (Å²) in [5.74, 6) is 0. The zero-order valence-corrected chi connectivity index (χ0v) is 11.4. The van der Waals surface area contributed by atoms with Crippen LogP contribution in [0.1, 0.15) is 36.1 Å². The number of hydrogen-bond acceptors (Lipinski definition) is 2. The molecular weight excluding hydrogens is 251 g/mol. The Morgan fingerprint density at radius 1 is 1.28 bits per heavy atom. The quantitative estimate of drug-likeness (QED) is 0.894. The third-order valence-electron chi connectivity index (χ3n) is 4.00. The third-order valence-corrected chi connectivity index (χ3v) is 4.00. The molecular formula is C14H20ClFN2. The summed E-state index contributed by atoms with van der Waals surface area (Å²) in [4.78, 5) is 4.47. The number of aromatic nitrogens is 1. The summed E-state index contributed by atoms with van der Waals surface area (Å²) < 4.78 is 14.5. The van der Waals surface area contributed by atoms with Crippen molar-refractivity contribution in [3.05, 3.63) is 29.1 Å². The van der Waals surface area contributed by atoms with Crippen molar-refractivity contribution in [3.8, 4) is 0 Å². The van der Waals surface area contributed by atoms with Gasteiger partial charge in [0.2, 0.25) is 0 Å². The number of piperidine rings is 1. The number of hydrogen-bond donors (Lipinski definition) is 1. The molecule has 1 aromatic heterocycles. The van der Waals surface area contributed by atoms with E-state index < -0.39 is 5.67 Å². The predicted molar refractivity (Wildman–Crippen MR) is 73.2 cm³/mol. The lowest BCUT2D eigenvalue weighted by Crippen LogP contribution is -2.40. The maximum Gasteiger partial charge on any atom is 0.117 e. The molecule has 4 heteroatoms. The Kier molecular flexibility index (Phi) is 4.23. The van der Waals surface area contributed by atoms with Gasteiger partial charge in [-0.3, -0.25) is 4.98 Å². The van der Waals surface area contributed by atoms with Crippen molar-refractivity contribution in [1.29, 1.82) is 0 Å². The molecule has 0 aromatic carbocycles. The summed E-state index contributed by atoms with van der Waals surface area (Å²) >= 11 is 0. The van der Waals surface area contributed by atoms with Crippen molar-refractivity contribution in [1.82, 2.24) is 10.3 Å². The second-order valence-corrected chi connectivity index (χ2v) is 5.38. The second-order valence-electron chi connectivity index (χ2n) is 5.38. The summed E-state index contributed by atoms with van der Waals surface area (Å²) in [6, 6.07) is 2.18. The highest BCUT2D eigenvalue weighted by Crippen LogP contribution is 2.29. The molecule has 0 atom stereocenters. The molecule has 0 unspecified atom stereocenters. The summed E-state index contributed by atoms with van der Waals surface area (Å²) in [6.45, 7) is 1.60. The SMILES string of the molecule is Cl.FC1(Cc2cnc3c(c2)CCC3)CCNCC1. The molecule has 2 nitrogen and oxygen atoms in total. The topological polar surface area (TPSA) is 24.9 Å². The first kappa shape index (κ1) is 13.8. The molecule has 100 valence electrons. The zero-order chi connectivity index (χ0) is 11.7. The van der Waals surface area contributed by atoms with Crippen LogP contribution in [0.2, 0.25) is 0 Å². The first-order valence-corrected chi connectivity index (χ1v) is 6.62. The molecule has 0 radical (unpaired) electrons. The van der Waals surface area contributed by atoms with Gasteiger partial charge in [0.25, 0.3) is 0 Å². The van der Waals surface area contributed by atoms with Crippen LogP contribution in [0.4, 0.5) is 4.39 Å². The van der Waals surface area contributed by atoms with Gasteiger partial charge < -0.3 is 5.32 Å². The molecule has 1 aliphatic heterocycles. The molecule has 18 heavy (non-hydrogen) atoms. The normalized spacial score (nSPS) is 21.2. The number of nitrogens with one attached hydrogen (secondary N) is 1. The second kappa shape index (κ2) is 5.54. The van der Waals surface area contributed by atoms with Crippen LogP contribution >= 0.6 is 12.4 Å². The van der Waals surface area contributed by atoms with Crippen molar-refractivity contribution < 1.29 is 4.39 Å². The van der Waals surface area contributed by atoms with Crippen molar-refractivity contribution in [2.45, 2.75) is 44.2 Å². The average molecular weight is 271 g/mol. The minimum atomic E-state index is -1.01. The highest BCUT2D eigenvalue weighted by molar-refractivity contribution is 5.85.